The maximum atomic E-state index is 6.08. The number of nitrogens with zero attached hydrogens (tertiary/aromatic N) is 1. The molecule has 1 rings (SSSR count). The quantitative estimate of drug-likeness (QED) is 0.717. The minimum absolute atomic E-state index is 0.814. The lowest BCUT2D eigenvalue weighted by Crippen LogP contribution is -2.10. The fourth-order valence-corrected chi connectivity index (χ4v) is 1.17. The molecule has 0 fully saturated rings. The number of benzene rings is 1. The van der Waals surface area contributed by atoms with Crippen LogP contribution in [0.15, 0.2) is 36.4 Å². The van der Waals surface area contributed by atoms with Crippen molar-refractivity contribution in [1.82, 2.24) is 4.90 Å². The number of rotatable bonds is 3. The van der Waals surface area contributed by atoms with Crippen molar-refractivity contribution >= 4 is 16.6 Å². The molecule has 70 valence electrons. The van der Waals surface area contributed by atoms with Crippen LogP contribution in [0.5, 0.6) is 0 Å². The van der Waals surface area contributed by atoms with Crippen LogP contribution in [-0.2, 0) is 0 Å². The van der Waals surface area contributed by atoms with E-state index in [9.17, 15) is 0 Å². The molecule has 0 amide bonds. The first-order valence-electron chi connectivity index (χ1n) is 4.26. The second-order valence-corrected chi connectivity index (χ2v) is 3.59. The zero-order valence-corrected chi connectivity index (χ0v) is 8.75. The number of hydrogen-bond acceptors (Lipinski definition) is 1. The Bertz CT molecular complexity index is 277. The first-order chi connectivity index (χ1) is 6.20. The average Bonchev–Trinajstić information content (AvgIpc) is 2.15. The average molecular weight is 196 g/mol. The summed E-state index contributed by atoms with van der Waals surface area (Å²) in [5, 5.41) is 0.814. The minimum Gasteiger partial charge on any atom is -0.306 e. The number of halogens is 1. The third-order valence-corrected chi connectivity index (χ3v) is 2.06. The second kappa shape index (κ2) is 5.05. The molecular weight excluding hydrogens is 182 g/mol. The van der Waals surface area contributed by atoms with Gasteiger partial charge in [0.05, 0.1) is 0 Å². The van der Waals surface area contributed by atoms with E-state index in [1.807, 2.05) is 50.5 Å². The van der Waals surface area contributed by atoms with Gasteiger partial charge in [-0.15, -0.1) is 0 Å². The van der Waals surface area contributed by atoms with Crippen LogP contribution < -0.4 is 0 Å². The molecule has 0 radical (unpaired) electrons. The van der Waals surface area contributed by atoms with Gasteiger partial charge in [-0.05, 0) is 19.7 Å². The van der Waals surface area contributed by atoms with Gasteiger partial charge in [-0.25, -0.2) is 0 Å². The molecule has 1 nitrogen and oxygen atoms in total. The maximum absolute atomic E-state index is 6.08. The zero-order chi connectivity index (χ0) is 9.68. The lowest BCUT2D eigenvalue weighted by atomic mass is 10.2. The lowest BCUT2D eigenvalue weighted by Gasteiger charge is -2.05. The van der Waals surface area contributed by atoms with Crippen LogP contribution in [0, 0.1) is 0 Å². The van der Waals surface area contributed by atoms with Crippen LogP contribution in [0.2, 0.25) is 0 Å². The Morgan fingerprint density at radius 2 is 1.92 bits per heavy atom. The molecular formula is C11H14ClN. The fraction of sp³-hybridized carbons (Fsp3) is 0.273. The molecule has 0 atom stereocenters. The third-order valence-electron chi connectivity index (χ3n) is 1.69. The van der Waals surface area contributed by atoms with Gasteiger partial charge in [0.15, 0.2) is 0 Å². The molecule has 0 bridgehead atoms. The van der Waals surface area contributed by atoms with Gasteiger partial charge in [0.2, 0.25) is 0 Å². The van der Waals surface area contributed by atoms with E-state index in [1.54, 1.807) is 0 Å². The van der Waals surface area contributed by atoms with Crippen molar-refractivity contribution in [3.8, 4) is 0 Å². The summed E-state index contributed by atoms with van der Waals surface area (Å²) in [6.45, 7) is 0.869. The van der Waals surface area contributed by atoms with Gasteiger partial charge in [-0.1, -0.05) is 48.0 Å². The van der Waals surface area contributed by atoms with E-state index in [1.165, 1.54) is 0 Å². The van der Waals surface area contributed by atoms with Crippen LogP contribution in [-0.4, -0.2) is 25.5 Å². The standard InChI is InChI=1S/C11H14ClN/c1-13(2)9-8-11(12)10-6-4-3-5-7-10/h3-8H,9H2,1-2H3/b11-8+. The van der Waals surface area contributed by atoms with Crippen molar-refractivity contribution < 1.29 is 0 Å². The summed E-state index contributed by atoms with van der Waals surface area (Å²) in [5.74, 6) is 0. The van der Waals surface area contributed by atoms with Gasteiger partial charge in [0.25, 0.3) is 0 Å². The van der Waals surface area contributed by atoms with Gasteiger partial charge >= 0.3 is 0 Å². The van der Waals surface area contributed by atoms with Gasteiger partial charge in [0, 0.05) is 11.6 Å². The summed E-state index contributed by atoms with van der Waals surface area (Å²) >= 11 is 6.08. The van der Waals surface area contributed by atoms with Gasteiger partial charge in [0.1, 0.15) is 0 Å². The van der Waals surface area contributed by atoms with Crippen molar-refractivity contribution in [2.24, 2.45) is 0 Å². The van der Waals surface area contributed by atoms with Crippen molar-refractivity contribution in [3.63, 3.8) is 0 Å². The number of likely N-dealkylation sites (N-methyl/N-ethyl adjacent to an activating group) is 1. The summed E-state index contributed by atoms with van der Waals surface area (Å²) in [7, 11) is 4.04. The highest BCUT2D eigenvalue weighted by Gasteiger charge is 1.95. The molecule has 0 aliphatic heterocycles. The third kappa shape index (κ3) is 3.62. The minimum atomic E-state index is 0.814. The Hall–Kier alpha value is -0.790. The topological polar surface area (TPSA) is 3.24 Å². The largest absolute Gasteiger partial charge is 0.306 e. The van der Waals surface area contributed by atoms with Crippen LogP contribution in [0.1, 0.15) is 5.56 Å². The highest BCUT2D eigenvalue weighted by Crippen LogP contribution is 2.17. The zero-order valence-electron chi connectivity index (χ0n) is 8.00. The lowest BCUT2D eigenvalue weighted by molar-refractivity contribution is 0.457. The van der Waals surface area contributed by atoms with Gasteiger partial charge in [-0.2, -0.15) is 0 Å². The highest BCUT2D eigenvalue weighted by atomic mass is 35.5. The van der Waals surface area contributed by atoms with Crippen molar-refractivity contribution in [2.75, 3.05) is 20.6 Å². The first-order valence-corrected chi connectivity index (χ1v) is 4.64. The molecule has 0 saturated carbocycles. The van der Waals surface area contributed by atoms with Crippen LogP contribution in [0.3, 0.4) is 0 Å². The van der Waals surface area contributed by atoms with Crippen LogP contribution in [0.25, 0.3) is 5.03 Å². The summed E-state index contributed by atoms with van der Waals surface area (Å²) < 4.78 is 0. The van der Waals surface area contributed by atoms with Crippen molar-refractivity contribution in [1.29, 1.82) is 0 Å². The molecule has 13 heavy (non-hydrogen) atoms. The molecule has 1 aromatic carbocycles. The predicted octanol–water partition coefficient (Wildman–Crippen LogP) is 2.83. The monoisotopic (exact) mass is 195 g/mol. The Morgan fingerprint density at radius 1 is 1.31 bits per heavy atom. The molecule has 0 spiro atoms. The SMILES string of the molecule is CN(C)C/C=C(/Cl)c1ccccc1. The normalized spacial score (nSPS) is 12.2. The van der Waals surface area contributed by atoms with Crippen molar-refractivity contribution in [3.05, 3.63) is 42.0 Å². The molecule has 0 unspecified atom stereocenters. The van der Waals surface area contributed by atoms with E-state index in [0.717, 1.165) is 17.1 Å². The van der Waals surface area contributed by atoms with E-state index >= 15 is 0 Å². The van der Waals surface area contributed by atoms with E-state index in [4.69, 9.17) is 11.6 Å². The molecule has 0 saturated heterocycles. The molecule has 0 aromatic heterocycles. The molecule has 1 aromatic rings. The Morgan fingerprint density at radius 3 is 2.46 bits per heavy atom. The highest BCUT2D eigenvalue weighted by molar-refractivity contribution is 6.48. The summed E-state index contributed by atoms with van der Waals surface area (Å²) in [4.78, 5) is 2.07. The summed E-state index contributed by atoms with van der Waals surface area (Å²) in [6, 6.07) is 9.98. The molecule has 0 aliphatic rings. The Labute approximate surface area is 84.6 Å². The van der Waals surface area contributed by atoms with E-state index in [0.29, 0.717) is 0 Å². The fourth-order valence-electron chi connectivity index (χ4n) is 0.978. The van der Waals surface area contributed by atoms with E-state index < -0.39 is 0 Å². The van der Waals surface area contributed by atoms with Gasteiger partial charge in [-0.3, -0.25) is 0 Å². The van der Waals surface area contributed by atoms with Gasteiger partial charge < -0.3 is 4.90 Å². The van der Waals surface area contributed by atoms with Crippen LogP contribution in [0.4, 0.5) is 0 Å². The second-order valence-electron chi connectivity index (χ2n) is 3.18. The Kier molecular flexibility index (Phi) is 4.00. The number of hydrogen-bond donors (Lipinski definition) is 0. The molecule has 0 heterocycles. The van der Waals surface area contributed by atoms with E-state index in [2.05, 4.69) is 4.90 Å². The molecule has 0 aliphatic carbocycles. The molecule has 2 heteroatoms. The van der Waals surface area contributed by atoms with E-state index in [-0.39, 0.29) is 0 Å². The Balaban J connectivity index is 2.68. The summed E-state index contributed by atoms with van der Waals surface area (Å²) in [6.07, 6.45) is 2.01. The van der Waals surface area contributed by atoms with Crippen LogP contribution >= 0.6 is 11.6 Å². The smallest absolute Gasteiger partial charge is 0.0451 e. The predicted molar refractivity (Wildman–Crippen MR) is 58.8 cm³/mol. The first kappa shape index (κ1) is 10.3. The molecule has 0 N–H and O–H groups in total. The summed E-state index contributed by atoms with van der Waals surface area (Å²) in [5.41, 5.74) is 1.08. The maximum Gasteiger partial charge on any atom is 0.0451 e. The van der Waals surface area contributed by atoms with Crippen molar-refractivity contribution in [2.45, 2.75) is 0 Å².